The molecule has 0 N–H and O–H groups in total. The van der Waals surface area contributed by atoms with Crippen LogP contribution in [0.15, 0.2) is 0 Å². The average molecular weight is 686 g/mol. The van der Waals surface area contributed by atoms with Gasteiger partial charge in [-0.05, 0) is 13.0 Å². The summed E-state index contributed by atoms with van der Waals surface area (Å²) in [4.78, 5) is 2.41. The average Bonchev–Trinajstić information content (AvgIpc) is 3.08. The van der Waals surface area contributed by atoms with Crippen molar-refractivity contribution in [1.82, 2.24) is 4.90 Å². The number of hydrogen-bond acceptors (Lipinski definition) is 14. The first-order chi connectivity index (χ1) is 23.4. The van der Waals surface area contributed by atoms with Crippen LogP contribution in [0.4, 0.5) is 0 Å². The summed E-state index contributed by atoms with van der Waals surface area (Å²) >= 11 is 0. The van der Waals surface area contributed by atoms with E-state index in [9.17, 15) is 0 Å². The predicted molar refractivity (Wildman–Crippen MR) is 177 cm³/mol. The second-order valence-corrected chi connectivity index (χ2v) is 10.5. The molecule has 0 bridgehead atoms. The molecule has 0 radical (unpaired) electrons. The first-order valence-electron chi connectivity index (χ1n) is 17.7. The number of ether oxygens (including phenoxy) is 13. The van der Waals surface area contributed by atoms with Crippen LogP contribution in [-0.4, -0.2) is 196 Å². The Hall–Kier alpha value is -0.560. The molecule has 47 heavy (non-hydrogen) atoms. The van der Waals surface area contributed by atoms with Crippen molar-refractivity contribution in [2.75, 3.05) is 191 Å². The molecule has 1 rings (SSSR count). The molecule has 0 aliphatic carbocycles. The van der Waals surface area contributed by atoms with Crippen molar-refractivity contribution in [3.8, 4) is 0 Å². The topological polar surface area (TPSA) is 123 Å². The van der Waals surface area contributed by atoms with Crippen molar-refractivity contribution in [2.45, 2.75) is 26.2 Å². The molecule has 0 amide bonds. The molecule has 0 unspecified atom stereocenters. The third-order valence-electron chi connectivity index (χ3n) is 6.65. The second kappa shape index (κ2) is 39.9. The summed E-state index contributed by atoms with van der Waals surface area (Å²) in [5.41, 5.74) is 0. The van der Waals surface area contributed by atoms with Crippen molar-refractivity contribution in [2.24, 2.45) is 0 Å². The Labute approximate surface area is 284 Å². The van der Waals surface area contributed by atoms with E-state index in [2.05, 4.69) is 11.8 Å². The number of hydrogen-bond donors (Lipinski definition) is 0. The minimum Gasteiger partial charge on any atom is -0.378 e. The highest BCUT2D eigenvalue weighted by Crippen LogP contribution is 1.99. The van der Waals surface area contributed by atoms with E-state index in [0.29, 0.717) is 172 Å². The zero-order valence-corrected chi connectivity index (χ0v) is 29.4. The quantitative estimate of drug-likeness (QED) is 0.399. The van der Waals surface area contributed by atoms with Gasteiger partial charge in [0.25, 0.3) is 0 Å². The molecule has 1 saturated heterocycles. The first-order valence-corrected chi connectivity index (χ1v) is 17.7. The van der Waals surface area contributed by atoms with Crippen LogP contribution in [0.2, 0.25) is 0 Å². The molecule has 0 aromatic heterocycles. The highest BCUT2D eigenvalue weighted by molar-refractivity contribution is 4.58. The van der Waals surface area contributed by atoms with Crippen LogP contribution >= 0.6 is 0 Å². The Kier molecular flexibility index (Phi) is 37.7. The lowest BCUT2D eigenvalue weighted by atomic mass is 10.2. The predicted octanol–water partition coefficient (Wildman–Crippen LogP) is 1.71. The van der Waals surface area contributed by atoms with Crippen LogP contribution in [0.3, 0.4) is 0 Å². The molecule has 282 valence electrons. The smallest absolute Gasteiger partial charge is 0.0701 e. The molecule has 1 aliphatic heterocycles. The van der Waals surface area contributed by atoms with Gasteiger partial charge in [-0.25, -0.2) is 0 Å². The van der Waals surface area contributed by atoms with Gasteiger partial charge in [-0.2, -0.15) is 0 Å². The molecule has 0 saturated carbocycles. The van der Waals surface area contributed by atoms with E-state index in [-0.39, 0.29) is 0 Å². The lowest BCUT2D eigenvalue weighted by molar-refractivity contribution is -0.0298. The van der Waals surface area contributed by atoms with Gasteiger partial charge in [0.2, 0.25) is 0 Å². The molecule has 1 heterocycles. The van der Waals surface area contributed by atoms with Crippen LogP contribution in [0, 0.1) is 0 Å². The van der Waals surface area contributed by atoms with Gasteiger partial charge in [0.05, 0.1) is 172 Å². The Morgan fingerprint density at radius 2 is 0.468 bits per heavy atom. The summed E-state index contributed by atoms with van der Waals surface area (Å²) in [6.07, 6.45) is 3.62. The standard InChI is InChI=1S/C33H67NO13/c1-2-3-4-5-34-6-8-35-10-12-37-14-16-39-18-20-41-22-24-43-26-28-45-30-32-47-33-31-46-29-27-44-25-23-42-21-19-40-17-15-38-13-11-36-9-7-34/h2-33H2,1H3. The summed E-state index contributed by atoms with van der Waals surface area (Å²) in [7, 11) is 0. The van der Waals surface area contributed by atoms with Crippen molar-refractivity contribution >= 4 is 0 Å². The van der Waals surface area contributed by atoms with Crippen LogP contribution in [-0.2, 0) is 61.6 Å². The Morgan fingerprint density at radius 3 is 0.660 bits per heavy atom. The third-order valence-corrected chi connectivity index (χ3v) is 6.65. The van der Waals surface area contributed by atoms with Gasteiger partial charge < -0.3 is 61.6 Å². The van der Waals surface area contributed by atoms with E-state index < -0.39 is 0 Å². The van der Waals surface area contributed by atoms with Gasteiger partial charge in [-0.3, -0.25) is 4.90 Å². The molecule has 0 atom stereocenters. The maximum absolute atomic E-state index is 5.79. The number of nitrogens with zero attached hydrogens (tertiary/aromatic N) is 1. The summed E-state index contributed by atoms with van der Waals surface area (Å²) in [5.74, 6) is 0. The van der Waals surface area contributed by atoms with Gasteiger partial charge >= 0.3 is 0 Å². The summed E-state index contributed by atoms with van der Waals surface area (Å²) in [6.45, 7) is 19.1. The molecule has 0 aromatic carbocycles. The fourth-order valence-electron chi connectivity index (χ4n) is 4.05. The van der Waals surface area contributed by atoms with Gasteiger partial charge in [0.15, 0.2) is 0 Å². The van der Waals surface area contributed by atoms with E-state index >= 15 is 0 Å². The minimum absolute atomic E-state index is 0.517. The molecule has 1 fully saturated rings. The molecule has 1 aliphatic rings. The van der Waals surface area contributed by atoms with Gasteiger partial charge in [0.1, 0.15) is 0 Å². The van der Waals surface area contributed by atoms with Crippen molar-refractivity contribution in [1.29, 1.82) is 0 Å². The molecular weight excluding hydrogens is 618 g/mol. The Morgan fingerprint density at radius 1 is 0.277 bits per heavy atom. The monoisotopic (exact) mass is 685 g/mol. The lowest BCUT2D eigenvalue weighted by Crippen LogP contribution is -2.32. The van der Waals surface area contributed by atoms with Crippen molar-refractivity contribution in [3.63, 3.8) is 0 Å². The summed E-state index contributed by atoms with van der Waals surface area (Å²) < 4.78 is 72.4. The fourth-order valence-corrected chi connectivity index (χ4v) is 4.05. The molecule has 14 nitrogen and oxygen atoms in total. The second-order valence-electron chi connectivity index (χ2n) is 10.5. The highest BCUT2D eigenvalue weighted by Gasteiger charge is 2.05. The maximum atomic E-state index is 5.79. The SMILES string of the molecule is CCCCCN1CCOCCOCCOCCOCCOCCOCCOCCOCCOCCOCCOCCOCCOCC1. The molecule has 0 spiro atoms. The minimum atomic E-state index is 0.517. The molecule has 14 heteroatoms. The van der Waals surface area contributed by atoms with E-state index in [4.69, 9.17) is 61.6 Å². The summed E-state index contributed by atoms with van der Waals surface area (Å²) in [6, 6.07) is 0. The van der Waals surface area contributed by atoms with Gasteiger partial charge in [0, 0.05) is 13.1 Å². The van der Waals surface area contributed by atoms with Crippen LogP contribution < -0.4 is 0 Å². The number of unbranched alkanes of at least 4 members (excludes halogenated alkanes) is 2. The maximum Gasteiger partial charge on any atom is 0.0701 e. The van der Waals surface area contributed by atoms with E-state index in [0.717, 1.165) is 19.6 Å². The summed E-state index contributed by atoms with van der Waals surface area (Å²) in [5, 5.41) is 0. The van der Waals surface area contributed by atoms with E-state index in [1.807, 2.05) is 0 Å². The van der Waals surface area contributed by atoms with Crippen molar-refractivity contribution < 1.29 is 61.6 Å². The largest absolute Gasteiger partial charge is 0.378 e. The van der Waals surface area contributed by atoms with E-state index in [1.165, 1.54) is 19.3 Å². The lowest BCUT2D eigenvalue weighted by Gasteiger charge is -2.22. The highest BCUT2D eigenvalue weighted by atomic mass is 16.6. The third kappa shape index (κ3) is 36.5. The van der Waals surface area contributed by atoms with Crippen LogP contribution in [0.25, 0.3) is 0 Å². The zero-order chi connectivity index (χ0) is 33.4. The Bertz CT molecular complexity index is 541. The van der Waals surface area contributed by atoms with Crippen LogP contribution in [0.5, 0.6) is 0 Å². The zero-order valence-electron chi connectivity index (χ0n) is 29.4. The van der Waals surface area contributed by atoms with Crippen LogP contribution in [0.1, 0.15) is 26.2 Å². The van der Waals surface area contributed by atoms with Crippen molar-refractivity contribution in [3.05, 3.63) is 0 Å². The van der Waals surface area contributed by atoms with Gasteiger partial charge in [-0.1, -0.05) is 19.8 Å². The first kappa shape index (κ1) is 44.5. The molecular formula is C33H67NO13. The molecule has 0 aromatic rings. The van der Waals surface area contributed by atoms with Gasteiger partial charge in [-0.15, -0.1) is 0 Å². The van der Waals surface area contributed by atoms with E-state index in [1.54, 1.807) is 0 Å². The Balaban J connectivity index is 2.16. The fraction of sp³-hybridized carbons (Fsp3) is 1.00. The normalized spacial score (nSPS) is 23.2. The number of rotatable bonds is 4.